The molecule has 106 valence electrons. The Labute approximate surface area is 114 Å². The molecular formula is C14H22N2O3. The third-order valence-electron chi connectivity index (χ3n) is 2.79. The molecule has 1 unspecified atom stereocenters. The van der Waals surface area contributed by atoms with Gasteiger partial charge in [-0.1, -0.05) is 19.9 Å². The molecule has 0 aromatic heterocycles. The van der Waals surface area contributed by atoms with Crippen LogP contribution in [-0.4, -0.2) is 37.4 Å². The van der Waals surface area contributed by atoms with Crippen LogP contribution in [0.5, 0.6) is 0 Å². The maximum absolute atomic E-state index is 11.1. The molecule has 1 aromatic rings. The lowest BCUT2D eigenvalue weighted by atomic mass is 10.0. The highest BCUT2D eigenvalue weighted by Crippen LogP contribution is 2.18. The number of aliphatic hydroxyl groups is 1. The van der Waals surface area contributed by atoms with Crippen LogP contribution in [0, 0.1) is 5.92 Å². The van der Waals surface area contributed by atoms with Gasteiger partial charge in [0.1, 0.15) is 6.61 Å². The summed E-state index contributed by atoms with van der Waals surface area (Å²) in [4.78, 5) is 11.1. The quantitative estimate of drug-likeness (QED) is 0.702. The molecule has 0 fully saturated rings. The van der Waals surface area contributed by atoms with Crippen LogP contribution in [0.4, 0.5) is 11.4 Å². The van der Waals surface area contributed by atoms with Crippen LogP contribution < -0.4 is 10.6 Å². The number of anilines is 2. The van der Waals surface area contributed by atoms with E-state index in [9.17, 15) is 4.79 Å². The molecule has 1 rings (SSSR count). The lowest BCUT2D eigenvalue weighted by molar-refractivity contribution is -0.118. The molecule has 1 atom stereocenters. The highest BCUT2D eigenvalue weighted by atomic mass is 16.5. The Balaban J connectivity index is 2.72. The van der Waals surface area contributed by atoms with Gasteiger partial charge in [0, 0.05) is 18.5 Å². The largest absolute Gasteiger partial charge is 0.387 e. The van der Waals surface area contributed by atoms with E-state index in [1.165, 1.54) is 0 Å². The van der Waals surface area contributed by atoms with Crippen molar-refractivity contribution in [2.45, 2.75) is 19.9 Å². The molecule has 0 spiro atoms. The fraction of sp³-hybridized carbons (Fsp3) is 0.500. The van der Waals surface area contributed by atoms with Crippen molar-refractivity contribution >= 4 is 17.3 Å². The van der Waals surface area contributed by atoms with Crippen molar-refractivity contribution in [3.05, 3.63) is 24.3 Å². The van der Waals surface area contributed by atoms with E-state index in [0.29, 0.717) is 18.2 Å². The molecule has 5 heteroatoms. The predicted molar refractivity (Wildman–Crippen MR) is 76.3 cm³/mol. The average Bonchev–Trinajstić information content (AvgIpc) is 2.38. The SMILES string of the molecule is COCC(Nc1cccc(NC(=O)CO)c1)C(C)C. The number of hydrogen-bond acceptors (Lipinski definition) is 4. The molecule has 0 saturated carbocycles. The fourth-order valence-corrected chi connectivity index (χ4v) is 1.68. The van der Waals surface area contributed by atoms with Gasteiger partial charge in [0.25, 0.3) is 0 Å². The van der Waals surface area contributed by atoms with Gasteiger partial charge < -0.3 is 20.5 Å². The Morgan fingerprint density at radius 3 is 2.63 bits per heavy atom. The van der Waals surface area contributed by atoms with Gasteiger partial charge in [0.15, 0.2) is 0 Å². The number of carbonyl (C=O) groups is 1. The summed E-state index contributed by atoms with van der Waals surface area (Å²) in [5, 5.41) is 14.7. The minimum atomic E-state index is -0.518. The molecule has 0 aliphatic rings. The molecule has 3 N–H and O–H groups in total. The standard InChI is InChI=1S/C14H22N2O3/c1-10(2)13(9-19-3)15-11-5-4-6-12(7-11)16-14(18)8-17/h4-7,10,13,15,17H,8-9H2,1-3H3,(H,16,18). The number of rotatable bonds is 7. The van der Waals surface area contributed by atoms with Crippen LogP contribution in [0.25, 0.3) is 0 Å². The van der Waals surface area contributed by atoms with Crippen molar-refractivity contribution in [1.29, 1.82) is 0 Å². The number of nitrogens with one attached hydrogen (secondary N) is 2. The van der Waals surface area contributed by atoms with Gasteiger partial charge in [0.05, 0.1) is 12.6 Å². The van der Waals surface area contributed by atoms with Crippen molar-refractivity contribution < 1.29 is 14.6 Å². The number of amides is 1. The van der Waals surface area contributed by atoms with Crippen LogP contribution in [0.15, 0.2) is 24.3 Å². The zero-order chi connectivity index (χ0) is 14.3. The molecule has 5 nitrogen and oxygen atoms in total. The van der Waals surface area contributed by atoms with Crippen molar-refractivity contribution in [3.63, 3.8) is 0 Å². The molecule has 0 aliphatic carbocycles. The number of carbonyl (C=O) groups excluding carboxylic acids is 1. The van der Waals surface area contributed by atoms with Crippen molar-refractivity contribution in [1.82, 2.24) is 0 Å². The van der Waals surface area contributed by atoms with Crippen LogP contribution in [0.3, 0.4) is 0 Å². The average molecular weight is 266 g/mol. The van der Waals surface area contributed by atoms with Crippen LogP contribution in [0.2, 0.25) is 0 Å². The summed E-state index contributed by atoms with van der Waals surface area (Å²) < 4.78 is 5.18. The summed E-state index contributed by atoms with van der Waals surface area (Å²) >= 11 is 0. The van der Waals surface area contributed by atoms with Crippen LogP contribution >= 0.6 is 0 Å². The molecule has 19 heavy (non-hydrogen) atoms. The smallest absolute Gasteiger partial charge is 0.250 e. The van der Waals surface area contributed by atoms with Crippen LogP contribution in [-0.2, 0) is 9.53 Å². The highest BCUT2D eigenvalue weighted by molar-refractivity contribution is 5.91. The van der Waals surface area contributed by atoms with Gasteiger partial charge in [-0.25, -0.2) is 0 Å². The normalized spacial score (nSPS) is 12.3. The van der Waals surface area contributed by atoms with E-state index in [2.05, 4.69) is 24.5 Å². The van der Waals surface area contributed by atoms with Crippen LogP contribution in [0.1, 0.15) is 13.8 Å². The minimum Gasteiger partial charge on any atom is -0.387 e. The van der Waals surface area contributed by atoms with Crippen molar-refractivity contribution in [2.75, 3.05) is 31.0 Å². The first-order chi connectivity index (χ1) is 9.06. The Morgan fingerprint density at radius 1 is 1.37 bits per heavy atom. The van der Waals surface area contributed by atoms with Gasteiger partial charge >= 0.3 is 0 Å². The number of benzene rings is 1. The zero-order valence-corrected chi connectivity index (χ0v) is 11.6. The monoisotopic (exact) mass is 266 g/mol. The molecule has 0 aliphatic heterocycles. The Hall–Kier alpha value is -1.59. The molecule has 0 heterocycles. The minimum absolute atomic E-state index is 0.203. The number of aliphatic hydroxyl groups excluding tert-OH is 1. The first-order valence-corrected chi connectivity index (χ1v) is 6.33. The summed E-state index contributed by atoms with van der Waals surface area (Å²) in [5.41, 5.74) is 1.57. The van der Waals surface area contributed by atoms with Gasteiger partial charge in [-0.2, -0.15) is 0 Å². The molecular weight excluding hydrogens is 244 g/mol. The van der Waals surface area contributed by atoms with Crippen molar-refractivity contribution in [3.8, 4) is 0 Å². The number of hydrogen-bond donors (Lipinski definition) is 3. The first-order valence-electron chi connectivity index (χ1n) is 6.33. The lowest BCUT2D eigenvalue weighted by Gasteiger charge is -2.23. The summed E-state index contributed by atoms with van der Waals surface area (Å²) in [6.07, 6.45) is 0. The Bertz CT molecular complexity index is 407. The van der Waals surface area contributed by atoms with Gasteiger partial charge in [0.2, 0.25) is 5.91 Å². The van der Waals surface area contributed by atoms with Crippen molar-refractivity contribution in [2.24, 2.45) is 5.92 Å². The summed E-state index contributed by atoms with van der Waals surface area (Å²) in [6.45, 7) is 4.34. The predicted octanol–water partition coefficient (Wildman–Crippen LogP) is 1.70. The second-order valence-electron chi connectivity index (χ2n) is 4.74. The maximum Gasteiger partial charge on any atom is 0.250 e. The highest BCUT2D eigenvalue weighted by Gasteiger charge is 2.13. The summed E-state index contributed by atoms with van der Waals surface area (Å²) in [5.74, 6) is 0.00471. The van der Waals surface area contributed by atoms with Gasteiger partial charge in [-0.05, 0) is 24.1 Å². The Kier molecular flexibility index (Phi) is 6.32. The second kappa shape index (κ2) is 7.76. The third-order valence-corrected chi connectivity index (χ3v) is 2.79. The van der Waals surface area contributed by atoms with Gasteiger partial charge in [-0.15, -0.1) is 0 Å². The second-order valence-corrected chi connectivity index (χ2v) is 4.74. The molecule has 0 radical (unpaired) electrons. The zero-order valence-electron chi connectivity index (χ0n) is 11.6. The van der Waals surface area contributed by atoms with Gasteiger partial charge in [-0.3, -0.25) is 4.79 Å². The molecule has 1 aromatic carbocycles. The number of ether oxygens (including phenoxy) is 1. The van der Waals surface area contributed by atoms with E-state index in [1.807, 2.05) is 18.2 Å². The fourth-order valence-electron chi connectivity index (χ4n) is 1.68. The van der Waals surface area contributed by atoms with E-state index < -0.39 is 12.5 Å². The van der Waals surface area contributed by atoms with E-state index in [-0.39, 0.29) is 6.04 Å². The summed E-state index contributed by atoms with van der Waals surface area (Å²) in [6, 6.07) is 7.59. The van der Waals surface area contributed by atoms with E-state index in [1.54, 1.807) is 13.2 Å². The molecule has 0 saturated heterocycles. The first kappa shape index (κ1) is 15.5. The lowest BCUT2D eigenvalue weighted by Crippen LogP contribution is -2.30. The van der Waals surface area contributed by atoms with E-state index in [4.69, 9.17) is 9.84 Å². The van der Waals surface area contributed by atoms with E-state index >= 15 is 0 Å². The molecule has 0 bridgehead atoms. The maximum atomic E-state index is 11.1. The summed E-state index contributed by atoms with van der Waals surface area (Å²) in [7, 11) is 1.68. The van der Waals surface area contributed by atoms with E-state index in [0.717, 1.165) is 5.69 Å². The Morgan fingerprint density at radius 2 is 2.05 bits per heavy atom. The topological polar surface area (TPSA) is 70.6 Å². The third kappa shape index (κ3) is 5.28. The molecule has 1 amide bonds. The number of methoxy groups -OCH3 is 1.